The Labute approximate surface area is 108 Å². The minimum atomic E-state index is 0.634. The van der Waals surface area contributed by atoms with Gasteiger partial charge in [0.1, 0.15) is 10.5 Å². The molecule has 0 aliphatic rings. The van der Waals surface area contributed by atoms with Gasteiger partial charge in [-0.1, -0.05) is 11.8 Å². The van der Waals surface area contributed by atoms with Crippen LogP contribution in [-0.2, 0) is 0 Å². The summed E-state index contributed by atoms with van der Waals surface area (Å²) in [5, 5.41) is 0.834. The van der Waals surface area contributed by atoms with Crippen LogP contribution in [0.4, 0.5) is 5.69 Å². The first-order valence-corrected chi connectivity index (χ1v) is 6.10. The van der Waals surface area contributed by atoms with Crippen LogP contribution in [0, 0.1) is 0 Å². The van der Waals surface area contributed by atoms with Crippen LogP contribution in [0.5, 0.6) is 0 Å². The number of hydrogen-bond donors (Lipinski definition) is 1. The van der Waals surface area contributed by atoms with Crippen molar-refractivity contribution < 1.29 is 0 Å². The fourth-order valence-corrected chi connectivity index (χ4v) is 2.29. The summed E-state index contributed by atoms with van der Waals surface area (Å²) in [6.45, 7) is 0. The van der Waals surface area contributed by atoms with Gasteiger partial charge in [0.05, 0.1) is 11.9 Å². The zero-order valence-corrected chi connectivity index (χ0v) is 10.1. The van der Waals surface area contributed by atoms with Crippen molar-refractivity contribution in [2.45, 2.75) is 9.92 Å². The van der Waals surface area contributed by atoms with Crippen molar-refractivity contribution in [3.8, 4) is 0 Å². The van der Waals surface area contributed by atoms with Crippen molar-refractivity contribution in [3.63, 3.8) is 0 Å². The number of fused-ring (bicyclic) bond motifs is 1. The van der Waals surface area contributed by atoms with E-state index in [0.717, 1.165) is 15.4 Å². The molecule has 3 rings (SSSR count). The van der Waals surface area contributed by atoms with Gasteiger partial charge in [-0.15, -0.1) is 0 Å². The van der Waals surface area contributed by atoms with E-state index in [2.05, 4.69) is 19.9 Å². The highest BCUT2D eigenvalue weighted by atomic mass is 32.2. The van der Waals surface area contributed by atoms with E-state index >= 15 is 0 Å². The molecule has 0 aliphatic carbocycles. The van der Waals surface area contributed by atoms with Gasteiger partial charge >= 0.3 is 0 Å². The molecule has 2 N–H and O–H groups in total. The predicted molar refractivity (Wildman–Crippen MR) is 70.1 cm³/mol. The quantitative estimate of drug-likeness (QED) is 0.756. The third-order valence-corrected chi connectivity index (χ3v) is 3.36. The highest BCUT2D eigenvalue weighted by Gasteiger charge is 2.04. The molecule has 3 aromatic heterocycles. The lowest BCUT2D eigenvalue weighted by atomic mass is 10.4. The number of pyridine rings is 2. The molecule has 0 radical (unpaired) electrons. The largest absolute Gasteiger partial charge is 0.397 e. The maximum atomic E-state index is 5.84. The summed E-state index contributed by atoms with van der Waals surface area (Å²) in [4.78, 5) is 17.7. The Morgan fingerprint density at radius 2 is 1.89 bits per heavy atom. The standard InChI is InChI=1S/C12H9N5S/c13-8-7-14-4-3-10(8)18-11-2-1-9-12(17-11)16-6-5-15-9/h1-7H,13H2. The first-order valence-electron chi connectivity index (χ1n) is 5.28. The fraction of sp³-hybridized carbons (Fsp3) is 0. The number of nitrogens with two attached hydrogens (primary N) is 1. The minimum absolute atomic E-state index is 0.634. The number of nitrogens with zero attached hydrogens (tertiary/aromatic N) is 4. The molecule has 88 valence electrons. The van der Waals surface area contributed by atoms with Crippen LogP contribution in [0.1, 0.15) is 0 Å². The normalized spacial score (nSPS) is 10.7. The molecule has 3 heterocycles. The molecule has 0 aromatic carbocycles. The number of aromatic nitrogens is 4. The van der Waals surface area contributed by atoms with Gasteiger partial charge in [0.2, 0.25) is 0 Å². The molecular formula is C12H9N5S. The van der Waals surface area contributed by atoms with Crippen molar-refractivity contribution in [1.29, 1.82) is 0 Å². The van der Waals surface area contributed by atoms with Crippen LogP contribution < -0.4 is 5.73 Å². The molecule has 0 unspecified atom stereocenters. The van der Waals surface area contributed by atoms with Crippen LogP contribution >= 0.6 is 11.8 Å². The Kier molecular flexibility index (Phi) is 2.77. The van der Waals surface area contributed by atoms with Crippen molar-refractivity contribution >= 4 is 28.6 Å². The van der Waals surface area contributed by atoms with Gasteiger partial charge in [-0.3, -0.25) is 9.97 Å². The third kappa shape index (κ3) is 2.10. The third-order valence-electron chi connectivity index (χ3n) is 2.33. The molecule has 0 atom stereocenters. The molecule has 0 spiro atoms. The van der Waals surface area contributed by atoms with Crippen molar-refractivity contribution in [1.82, 2.24) is 19.9 Å². The molecule has 18 heavy (non-hydrogen) atoms. The molecule has 0 saturated heterocycles. The Hall–Kier alpha value is -2.21. The summed E-state index contributed by atoms with van der Waals surface area (Å²) < 4.78 is 0. The minimum Gasteiger partial charge on any atom is -0.397 e. The van der Waals surface area contributed by atoms with Crippen LogP contribution in [0.25, 0.3) is 11.2 Å². The monoisotopic (exact) mass is 255 g/mol. The topological polar surface area (TPSA) is 77.6 Å². The smallest absolute Gasteiger partial charge is 0.179 e. The molecule has 0 bridgehead atoms. The van der Waals surface area contributed by atoms with Gasteiger partial charge in [-0.2, -0.15) is 0 Å². The van der Waals surface area contributed by atoms with Crippen molar-refractivity contribution in [2.24, 2.45) is 0 Å². The van der Waals surface area contributed by atoms with E-state index in [9.17, 15) is 0 Å². The van der Waals surface area contributed by atoms with Crippen LogP contribution in [0.2, 0.25) is 0 Å². The predicted octanol–water partition coefficient (Wildman–Crippen LogP) is 2.15. The number of hydrogen-bond acceptors (Lipinski definition) is 6. The molecule has 5 nitrogen and oxygen atoms in total. The Bertz CT molecular complexity index is 701. The van der Waals surface area contributed by atoms with Crippen LogP contribution in [0.3, 0.4) is 0 Å². The first kappa shape index (κ1) is 10.9. The van der Waals surface area contributed by atoms with Crippen LogP contribution in [0.15, 0.2) is 52.9 Å². The lowest BCUT2D eigenvalue weighted by Crippen LogP contribution is -1.91. The Morgan fingerprint density at radius 3 is 2.78 bits per heavy atom. The maximum absolute atomic E-state index is 5.84. The van der Waals surface area contributed by atoms with E-state index in [-0.39, 0.29) is 0 Å². The van der Waals surface area contributed by atoms with Gasteiger partial charge in [0, 0.05) is 23.5 Å². The molecule has 3 aromatic rings. The van der Waals surface area contributed by atoms with Crippen molar-refractivity contribution in [3.05, 3.63) is 43.0 Å². The summed E-state index contributed by atoms with van der Waals surface area (Å²) in [6, 6.07) is 5.67. The van der Waals surface area contributed by atoms with Gasteiger partial charge in [-0.25, -0.2) is 9.97 Å². The second kappa shape index (κ2) is 4.58. The maximum Gasteiger partial charge on any atom is 0.179 e. The van der Waals surface area contributed by atoms with E-state index in [4.69, 9.17) is 5.73 Å². The van der Waals surface area contributed by atoms with Gasteiger partial charge in [0.15, 0.2) is 5.65 Å². The molecule has 0 saturated carbocycles. The van der Waals surface area contributed by atoms with E-state index in [1.165, 1.54) is 11.8 Å². The lowest BCUT2D eigenvalue weighted by Gasteiger charge is -2.04. The Morgan fingerprint density at radius 1 is 1.00 bits per heavy atom. The number of rotatable bonds is 2. The van der Waals surface area contributed by atoms with E-state index in [0.29, 0.717) is 11.3 Å². The zero-order valence-electron chi connectivity index (χ0n) is 9.32. The van der Waals surface area contributed by atoms with Crippen molar-refractivity contribution in [2.75, 3.05) is 5.73 Å². The second-order valence-electron chi connectivity index (χ2n) is 3.56. The van der Waals surface area contributed by atoms with E-state index < -0.39 is 0 Å². The summed E-state index contributed by atoms with van der Waals surface area (Å²) in [6.07, 6.45) is 6.62. The average Bonchev–Trinajstić information content (AvgIpc) is 2.41. The Balaban J connectivity index is 1.98. The van der Waals surface area contributed by atoms with E-state index in [1.807, 2.05) is 18.2 Å². The number of nitrogen functional groups attached to an aromatic ring is 1. The first-order chi connectivity index (χ1) is 8.83. The summed E-state index contributed by atoms with van der Waals surface area (Å²) in [5.74, 6) is 0. The fourth-order valence-electron chi connectivity index (χ4n) is 1.49. The van der Waals surface area contributed by atoms with Crippen LogP contribution in [-0.4, -0.2) is 19.9 Å². The molecule has 0 aliphatic heterocycles. The summed E-state index contributed by atoms with van der Waals surface area (Å²) in [7, 11) is 0. The highest BCUT2D eigenvalue weighted by Crippen LogP contribution is 2.30. The molecule has 0 amide bonds. The summed E-state index contributed by atoms with van der Waals surface area (Å²) in [5.41, 5.74) is 7.90. The molecule has 6 heteroatoms. The highest BCUT2D eigenvalue weighted by molar-refractivity contribution is 7.99. The summed E-state index contributed by atoms with van der Waals surface area (Å²) >= 11 is 1.49. The van der Waals surface area contributed by atoms with Gasteiger partial charge in [-0.05, 0) is 18.2 Å². The van der Waals surface area contributed by atoms with Gasteiger partial charge in [0.25, 0.3) is 0 Å². The second-order valence-corrected chi connectivity index (χ2v) is 4.63. The molecule has 0 fully saturated rings. The molecular weight excluding hydrogens is 246 g/mol. The van der Waals surface area contributed by atoms with E-state index in [1.54, 1.807) is 24.8 Å². The lowest BCUT2D eigenvalue weighted by molar-refractivity contribution is 1.12. The number of anilines is 1. The average molecular weight is 255 g/mol. The van der Waals surface area contributed by atoms with Gasteiger partial charge < -0.3 is 5.73 Å². The SMILES string of the molecule is Nc1cnccc1Sc1ccc2nccnc2n1. The zero-order chi connectivity index (χ0) is 12.4.